The van der Waals surface area contributed by atoms with Gasteiger partial charge in [0.1, 0.15) is 28.3 Å². The Bertz CT molecular complexity index is 1160. The summed E-state index contributed by atoms with van der Waals surface area (Å²) in [6.45, 7) is 0.148. The summed E-state index contributed by atoms with van der Waals surface area (Å²) in [5, 5.41) is 0. The van der Waals surface area contributed by atoms with Crippen LogP contribution < -0.4 is 14.4 Å². The molecule has 0 bridgehead atoms. The standard InChI is InChI=1S/C20H19F2N3O5S/c1-30-15-4-2-3-14(11-15)25-19(26)17-10-13(7-8-24(17)20(25)27)23-31(28,29)18-6-5-12(21)9-16(18)22/h2-6,9,11,13,17,23H,7-8,10H2,1H3/t13-,17+/m0/s1. The zero-order chi connectivity index (χ0) is 22.3. The molecular formula is C20H19F2N3O5S. The minimum absolute atomic E-state index is 0.0348. The number of carbonyl (C=O) groups excluding carboxylic acids is 2. The Balaban J connectivity index is 1.53. The molecule has 2 fully saturated rings. The summed E-state index contributed by atoms with van der Waals surface area (Å²) in [7, 11) is -2.81. The molecule has 2 aromatic rings. The minimum atomic E-state index is -4.28. The van der Waals surface area contributed by atoms with Crippen LogP contribution in [0, 0.1) is 11.6 Å². The van der Waals surface area contributed by atoms with Gasteiger partial charge in [-0.1, -0.05) is 6.07 Å². The summed E-state index contributed by atoms with van der Waals surface area (Å²) in [4.78, 5) is 27.5. The van der Waals surface area contributed by atoms with E-state index < -0.39 is 50.6 Å². The summed E-state index contributed by atoms with van der Waals surface area (Å²) in [6, 6.07) is 6.65. The molecule has 0 radical (unpaired) electrons. The number of carbonyl (C=O) groups is 2. The number of sulfonamides is 1. The van der Waals surface area contributed by atoms with Crippen LogP contribution in [0.5, 0.6) is 5.75 Å². The van der Waals surface area contributed by atoms with E-state index in [0.29, 0.717) is 17.5 Å². The molecule has 2 atom stereocenters. The molecule has 2 saturated heterocycles. The zero-order valence-electron chi connectivity index (χ0n) is 16.4. The fraction of sp³-hybridized carbons (Fsp3) is 0.300. The van der Waals surface area contributed by atoms with E-state index in [1.54, 1.807) is 24.3 Å². The smallest absolute Gasteiger partial charge is 0.332 e. The maximum atomic E-state index is 13.9. The third-order valence-corrected chi connectivity index (χ3v) is 6.92. The van der Waals surface area contributed by atoms with Crippen molar-refractivity contribution in [3.8, 4) is 5.75 Å². The van der Waals surface area contributed by atoms with Crippen LogP contribution in [0.25, 0.3) is 0 Å². The average molecular weight is 451 g/mol. The number of anilines is 1. The first-order valence-corrected chi connectivity index (χ1v) is 11.0. The highest BCUT2D eigenvalue weighted by Gasteiger charge is 2.49. The van der Waals surface area contributed by atoms with Gasteiger partial charge < -0.3 is 9.64 Å². The number of nitrogens with one attached hydrogen (secondary N) is 1. The third kappa shape index (κ3) is 3.86. The number of piperidine rings is 1. The van der Waals surface area contributed by atoms with Gasteiger partial charge in [0.2, 0.25) is 10.0 Å². The monoisotopic (exact) mass is 451 g/mol. The van der Waals surface area contributed by atoms with Crippen molar-refractivity contribution in [3.05, 3.63) is 54.1 Å². The van der Waals surface area contributed by atoms with Crippen molar-refractivity contribution in [3.63, 3.8) is 0 Å². The summed E-state index contributed by atoms with van der Waals surface area (Å²) in [5.41, 5.74) is 0.356. The van der Waals surface area contributed by atoms with Crippen molar-refractivity contribution in [2.24, 2.45) is 0 Å². The Morgan fingerprint density at radius 1 is 1.13 bits per heavy atom. The van der Waals surface area contributed by atoms with Crippen molar-refractivity contribution in [2.45, 2.75) is 29.8 Å². The van der Waals surface area contributed by atoms with E-state index in [1.807, 2.05) is 0 Å². The van der Waals surface area contributed by atoms with Gasteiger partial charge in [0, 0.05) is 24.7 Å². The van der Waals surface area contributed by atoms with Gasteiger partial charge in [-0.25, -0.2) is 31.6 Å². The van der Waals surface area contributed by atoms with Gasteiger partial charge in [-0.2, -0.15) is 0 Å². The second-order valence-electron chi connectivity index (χ2n) is 7.28. The molecule has 2 heterocycles. The first kappa shape index (κ1) is 21.2. The van der Waals surface area contributed by atoms with E-state index in [-0.39, 0.29) is 19.4 Å². The average Bonchev–Trinajstić information content (AvgIpc) is 2.97. The van der Waals surface area contributed by atoms with Crippen LogP contribution >= 0.6 is 0 Å². The molecule has 0 aliphatic carbocycles. The molecule has 8 nitrogen and oxygen atoms in total. The maximum absolute atomic E-state index is 13.9. The lowest BCUT2D eigenvalue weighted by atomic mass is 9.99. The molecule has 0 aromatic heterocycles. The van der Waals surface area contributed by atoms with Gasteiger partial charge in [-0.05, 0) is 37.1 Å². The van der Waals surface area contributed by atoms with Crippen LogP contribution in [0.15, 0.2) is 47.4 Å². The van der Waals surface area contributed by atoms with E-state index >= 15 is 0 Å². The lowest BCUT2D eigenvalue weighted by Gasteiger charge is -2.32. The fourth-order valence-electron chi connectivity index (χ4n) is 3.87. The van der Waals surface area contributed by atoms with Crippen molar-refractivity contribution < 1.29 is 31.5 Å². The molecular weight excluding hydrogens is 432 g/mol. The van der Waals surface area contributed by atoms with Crippen molar-refractivity contribution >= 4 is 27.6 Å². The Morgan fingerprint density at radius 2 is 1.90 bits per heavy atom. The Hall–Kier alpha value is -3.05. The van der Waals surface area contributed by atoms with Crippen molar-refractivity contribution in [1.29, 1.82) is 0 Å². The molecule has 3 amide bonds. The molecule has 31 heavy (non-hydrogen) atoms. The quantitative estimate of drug-likeness (QED) is 0.704. The number of hydrogen-bond acceptors (Lipinski definition) is 5. The topological polar surface area (TPSA) is 96.0 Å². The number of nitrogens with zero attached hydrogens (tertiary/aromatic N) is 2. The van der Waals surface area contributed by atoms with Gasteiger partial charge in [-0.3, -0.25) is 4.79 Å². The summed E-state index contributed by atoms with van der Waals surface area (Å²) in [6.07, 6.45) is 0.274. The molecule has 0 saturated carbocycles. The zero-order valence-corrected chi connectivity index (χ0v) is 17.2. The Morgan fingerprint density at radius 3 is 2.61 bits per heavy atom. The molecule has 2 aliphatic rings. The molecule has 164 valence electrons. The number of fused-ring (bicyclic) bond motifs is 1. The number of hydrogen-bond donors (Lipinski definition) is 1. The van der Waals surface area contributed by atoms with E-state index in [2.05, 4.69) is 4.72 Å². The van der Waals surface area contributed by atoms with Crippen LogP contribution in [0.1, 0.15) is 12.8 Å². The molecule has 11 heteroatoms. The number of ether oxygens (including phenoxy) is 1. The molecule has 0 unspecified atom stereocenters. The van der Waals surface area contributed by atoms with Gasteiger partial charge in [0.25, 0.3) is 5.91 Å². The third-order valence-electron chi connectivity index (χ3n) is 5.36. The predicted octanol–water partition coefficient (Wildman–Crippen LogP) is 2.25. The maximum Gasteiger partial charge on any atom is 0.332 e. The minimum Gasteiger partial charge on any atom is -0.497 e. The molecule has 2 aliphatic heterocycles. The van der Waals surface area contributed by atoms with Crippen LogP contribution in [0.4, 0.5) is 19.3 Å². The van der Waals surface area contributed by atoms with E-state index in [0.717, 1.165) is 17.0 Å². The highest BCUT2D eigenvalue weighted by molar-refractivity contribution is 7.89. The number of imide groups is 1. The van der Waals surface area contributed by atoms with Crippen LogP contribution in [0.2, 0.25) is 0 Å². The largest absolute Gasteiger partial charge is 0.497 e. The van der Waals surface area contributed by atoms with E-state index in [9.17, 15) is 26.8 Å². The van der Waals surface area contributed by atoms with E-state index in [1.165, 1.54) is 12.0 Å². The van der Waals surface area contributed by atoms with Gasteiger partial charge in [-0.15, -0.1) is 0 Å². The van der Waals surface area contributed by atoms with Crippen LogP contribution in [-0.2, 0) is 14.8 Å². The highest BCUT2D eigenvalue weighted by Crippen LogP contribution is 2.32. The fourth-order valence-corrected chi connectivity index (χ4v) is 5.21. The van der Waals surface area contributed by atoms with Gasteiger partial charge in [0.15, 0.2) is 0 Å². The predicted molar refractivity (Wildman–Crippen MR) is 106 cm³/mol. The highest BCUT2D eigenvalue weighted by atomic mass is 32.2. The van der Waals surface area contributed by atoms with E-state index in [4.69, 9.17) is 4.74 Å². The number of halogens is 2. The van der Waals surface area contributed by atoms with Crippen molar-refractivity contribution in [1.82, 2.24) is 9.62 Å². The molecule has 1 N–H and O–H groups in total. The summed E-state index contributed by atoms with van der Waals surface area (Å²) >= 11 is 0. The lowest BCUT2D eigenvalue weighted by molar-refractivity contribution is -0.120. The summed E-state index contributed by atoms with van der Waals surface area (Å²) < 4.78 is 59.7. The molecule has 0 spiro atoms. The number of methoxy groups -OCH3 is 1. The molecule has 4 rings (SSSR count). The lowest BCUT2D eigenvalue weighted by Crippen LogP contribution is -2.49. The Labute approximate surface area is 177 Å². The number of amides is 3. The second kappa shape index (κ2) is 7.89. The van der Waals surface area contributed by atoms with Crippen LogP contribution in [0.3, 0.4) is 0 Å². The second-order valence-corrected chi connectivity index (χ2v) is 8.97. The van der Waals surface area contributed by atoms with Crippen LogP contribution in [-0.4, -0.2) is 51.0 Å². The molecule has 2 aromatic carbocycles. The Kier molecular flexibility index (Phi) is 5.40. The number of benzene rings is 2. The van der Waals surface area contributed by atoms with Gasteiger partial charge >= 0.3 is 6.03 Å². The summed E-state index contributed by atoms with van der Waals surface area (Å²) in [5.74, 6) is -2.09. The SMILES string of the molecule is COc1cccc(N2C(=O)[C@H]3C[C@@H](NS(=O)(=O)c4ccc(F)cc4F)CCN3C2=O)c1. The first-order chi connectivity index (χ1) is 14.7. The number of rotatable bonds is 5. The van der Waals surface area contributed by atoms with Crippen molar-refractivity contribution in [2.75, 3.05) is 18.6 Å². The normalized spacial score (nSPS) is 21.4. The number of urea groups is 1. The first-order valence-electron chi connectivity index (χ1n) is 9.47. The van der Waals surface area contributed by atoms with Gasteiger partial charge in [0.05, 0.1) is 12.8 Å².